The van der Waals surface area contributed by atoms with E-state index in [1.54, 1.807) is 7.11 Å². The summed E-state index contributed by atoms with van der Waals surface area (Å²) in [5, 5.41) is 11.8. The first-order valence-corrected chi connectivity index (χ1v) is 13.6. The molecule has 1 unspecified atom stereocenters. The molecule has 5 heteroatoms. The van der Waals surface area contributed by atoms with Crippen LogP contribution in [0.25, 0.3) is 21.9 Å². The van der Waals surface area contributed by atoms with Crippen molar-refractivity contribution < 1.29 is 19.3 Å². The highest BCUT2D eigenvalue weighted by atomic mass is 16.5. The van der Waals surface area contributed by atoms with E-state index < -0.39 is 0 Å². The molecule has 0 amide bonds. The van der Waals surface area contributed by atoms with Crippen molar-refractivity contribution >= 4 is 10.8 Å². The largest absolute Gasteiger partial charge is 0.497 e. The standard InChI is InChI=1S/C33H37NO4/c1-24(35)22-25-6-8-26(9-7-25)31-16-10-27-23-30(36-2)15-17-32(27)33(31)38-29-13-11-28(12-14-29)37-21-20-34-18-4-3-5-19-34/h6-17,23-24,35H,3-5,18-22H2,1-2H3. The SMILES string of the molecule is COc1ccc2c(Oc3ccc(OCCN4CCCCC4)cc3)c(-c3ccc(CC(C)O)cc3)ccc2c1. The monoisotopic (exact) mass is 511 g/mol. The smallest absolute Gasteiger partial charge is 0.143 e. The minimum absolute atomic E-state index is 0.368. The molecule has 1 saturated heterocycles. The van der Waals surface area contributed by atoms with E-state index in [-0.39, 0.29) is 6.10 Å². The van der Waals surface area contributed by atoms with Crippen LogP contribution in [0, 0.1) is 0 Å². The maximum absolute atomic E-state index is 9.75. The van der Waals surface area contributed by atoms with Gasteiger partial charge in [0.15, 0.2) is 0 Å². The molecule has 0 aromatic heterocycles. The van der Waals surface area contributed by atoms with Gasteiger partial charge < -0.3 is 19.3 Å². The number of hydrogen-bond acceptors (Lipinski definition) is 5. The third kappa shape index (κ3) is 6.47. The molecule has 1 aliphatic rings. The number of likely N-dealkylation sites (tertiary alicyclic amines) is 1. The minimum Gasteiger partial charge on any atom is -0.497 e. The summed E-state index contributed by atoms with van der Waals surface area (Å²) in [6.45, 7) is 5.83. The maximum atomic E-state index is 9.75. The Hall–Kier alpha value is -3.54. The topological polar surface area (TPSA) is 51.2 Å². The second-order valence-corrected chi connectivity index (χ2v) is 10.1. The van der Waals surface area contributed by atoms with E-state index in [1.165, 1.54) is 32.4 Å². The minimum atomic E-state index is -0.368. The summed E-state index contributed by atoms with van der Waals surface area (Å²) in [5.41, 5.74) is 3.17. The van der Waals surface area contributed by atoms with Gasteiger partial charge in [0.25, 0.3) is 0 Å². The molecule has 0 aliphatic carbocycles. The molecule has 38 heavy (non-hydrogen) atoms. The van der Waals surface area contributed by atoms with Crippen LogP contribution in [0.15, 0.2) is 78.9 Å². The summed E-state index contributed by atoms with van der Waals surface area (Å²) >= 11 is 0. The molecule has 0 bridgehead atoms. The predicted octanol–water partition coefficient (Wildman–Crippen LogP) is 7.10. The van der Waals surface area contributed by atoms with Crippen molar-refractivity contribution in [2.24, 2.45) is 0 Å². The lowest BCUT2D eigenvalue weighted by Gasteiger charge is -2.26. The Kier molecular flexibility index (Phi) is 8.47. The summed E-state index contributed by atoms with van der Waals surface area (Å²) in [4.78, 5) is 2.48. The van der Waals surface area contributed by atoms with Crippen molar-refractivity contribution in [3.8, 4) is 34.1 Å². The average molecular weight is 512 g/mol. The summed E-state index contributed by atoms with van der Waals surface area (Å²) < 4.78 is 18.0. The number of methoxy groups -OCH3 is 1. The second-order valence-electron chi connectivity index (χ2n) is 10.1. The van der Waals surface area contributed by atoms with E-state index in [2.05, 4.69) is 41.3 Å². The van der Waals surface area contributed by atoms with Gasteiger partial charge >= 0.3 is 0 Å². The van der Waals surface area contributed by atoms with Crippen LogP contribution < -0.4 is 14.2 Å². The fraction of sp³-hybridized carbons (Fsp3) is 0.333. The summed E-state index contributed by atoms with van der Waals surface area (Å²) in [6, 6.07) is 26.4. The molecular formula is C33H37NO4. The van der Waals surface area contributed by atoms with Crippen LogP contribution in [-0.4, -0.2) is 49.5 Å². The molecule has 1 heterocycles. The number of piperidine rings is 1. The number of rotatable bonds is 10. The molecule has 1 N–H and O–H groups in total. The number of aliphatic hydroxyl groups excluding tert-OH is 1. The van der Waals surface area contributed by atoms with Crippen LogP contribution in [0.4, 0.5) is 0 Å². The van der Waals surface area contributed by atoms with Gasteiger partial charge in [0, 0.05) is 17.5 Å². The van der Waals surface area contributed by atoms with E-state index >= 15 is 0 Å². The third-order valence-corrected chi connectivity index (χ3v) is 7.14. The first-order chi connectivity index (χ1) is 18.6. The van der Waals surface area contributed by atoms with Gasteiger partial charge in [-0.05, 0) is 104 Å². The van der Waals surface area contributed by atoms with Crippen molar-refractivity contribution in [3.63, 3.8) is 0 Å². The quantitative estimate of drug-likeness (QED) is 0.246. The average Bonchev–Trinajstić information content (AvgIpc) is 2.94. The van der Waals surface area contributed by atoms with E-state index in [4.69, 9.17) is 14.2 Å². The van der Waals surface area contributed by atoms with Crippen molar-refractivity contribution in [3.05, 3.63) is 84.4 Å². The van der Waals surface area contributed by atoms with E-state index in [1.807, 2.05) is 49.4 Å². The van der Waals surface area contributed by atoms with Gasteiger partial charge in [-0.1, -0.05) is 36.8 Å². The van der Waals surface area contributed by atoms with E-state index in [9.17, 15) is 5.11 Å². The van der Waals surface area contributed by atoms with Crippen molar-refractivity contribution in [1.29, 1.82) is 0 Å². The van der Waals surface area contributed by atoms with Crippen molar-refractivity contribution in [2.75, 3.05) is 33.4 Å². The molecule has 4 aromatic rings. The molecule has 1 fully saturated rings. The Morgan fingerprint density at radius 1 is 0.816 bits per heavy atom. The highest BCUT2D eigenvalue weighted by Gasteiger charge is 2.14. The summed E-state index contributed by atoms with van der Waals surface area (Å²) in [5.74, 6) is 3.21. The third-order valence-electron chi connectivity index (χ3n) is 7.14. The van der Waals surface area contributed by atoms with Crippen molar-refractivity contribution in [2.45, 2.75) is 38.7 Å². The zero-order chi connectivity index (χ0) is 26.3. The van der Waals surface area contributed by atoms with Gasteiger partial charge in [0.2, 0.25) is 0 Å². The normalized spacial score (nSPS) is 14.8. The number of hydrogen-bond donors (Lipinski definition) is 1. The fourth-order valence-corrected chi connectivity index (χ4v) is 5.10. The first-order valence-electron chi connectivity index (χ1n) is 13.6. The van der Waals surface area contributed by atoms with Gasteiger partial charge in [-0.2, -0.15) is 0 Å². The molecule has 0 radical (unpaired) electrons. The van der Waals surface area contributed by atoms with E-state index in [0.29, 0.717) is 13.0 Å². The van der Waals surface area contributed by atoms with Crippen LogP contribution in [-0.2, 0) is 6.42 Å². The van der Waals surface area contributed by atoms with Crippen molar-refractivity contribution in [1.82, 2.24) is 4.90 Å². The lowest BCUT2D eigenvalue weighted by Crippen LogP contribution is -2.33. The first kappa shape index (κ1) is 26.1. The summed E-state index contributed by atoms with van der Waals surface area (Å²) in [7, 11) is 1.68. The highest BCUT2D eigenvalue weighted by molar-refractivity contribution is 5.96. The van der Waals surface area contributed by atoms with E-state index in [0.717, 1.165) is 57.0 Å². The lowest BCUT2D eigenvalue weighted by atomic mass is 9.97. The van der Waals surface area contributed by atoms with Gasteiger partial charge in [0.1, 0.15) is 29.6 Å². The molecule has 0 spiro atoms. The molecule has 0 saturated carbocycles. The molecule has 5 rings (SSSR count). The highest BCUT2D eigenvalue weighted by Crippen LogP contribution is 2.41. The molecule has 4 aromatic carbocycles. The van der Waals surface area contributed by atoms with Crippen LogP contribution in [0.2, 0.25) is 0 Å². The Balaban J connectivity index is 1.37. The lowest BCUT2D eigenvalue weighted by molar-refractivity contribution is 0.183. The number of nitrogens with zero attached hydrogens (tertiary/aromatic N) is 1. The van der Waals surface area contributed by atoms with Gasteiger partial charge in [-0.15, -0.1) is 0 Å². The predicted molar refractivity (Wildman–Crippen MR) is 154 cm³/mol. The zero-order valence-corrected chi connectivity index (χ0v) is 22.4. The maximum Gasteiger partial charge on any atom is 0.143 e. The number of aliphatic hydroxyl groups is 1. The van der Waals surface area contributed by atoms with Crippen LogP contribution in [0.1, 0.15) is 31.7 Å². The zero-order valence-electron chi connectivity index (χ0n) is 22.4. The fourth-order valence-electron chi connectivity index (χ4n) is 5.10. The van der Waals surface area contributed by atoms with Gasteiger partial charge in [0.05, 0.1) is 13.2 Å². The van der Waals surface area contributed by atoms with Crippen LogP contribution >= 0.6 is 0 Å². The Bertz CT molecular complexity index is 1330. The number of fused-ring (bicyclic) bond motifs is 1. The molecular weight excluding hydrogens is 474 g/mol. The number of benzene rings is 4. The molecule has 198 valence electrons. The summed E-state index contributed by atoms with van der Waals surface area (Å²) in [6.07, 6.45) is 4.20. The molecule has 5 nitrogen and oxygen atoms in total. The van der Waals surface area contributed by atoms with Crippen LogP contribution in [0.5, 0.6) is 23.0 Å². The van der Waals surface area contributed by atoms with Gasteiger partial charge in [-0.3, -0.25) is 4.90 Å². The Morgan fingerprint density at radius 2 is 1.53 bits per heavy atom. The Morgan fingerprint density at radius 3 is 2.24 bits per heavy atom. The second kappa shape index (κ2) is 12.3. The number of ether oxygens (including phenoxy) is 3. The Labute approximate surface area is 225 Å². The van der Waals surface area contributed by atoms with Crippen LogP contribution in [0.3, 0.4) is 0 Å². The van der Waals surface area contributed by atoms with Gasteiger partial charge in [-0.25, -0.2) is 0 Å². The molecule has 1 atom stereocenters. The molecule has 1 aliphatic heterocycles.